The van der Waals surface area contributed by atoms with Gasteiger partial charge in [-0.1, -0.05) is 184 Å². The zero-order chi connectivity index (χ0) is 40.9. The summed E-state index contributed by atoms with van der Waals surface area (Å²) < 4.78 is 33.1. The van der Waals surface area contributed by atoms with Crippen LogP contribution in [0.2, 0.25) is 0 Å². The van der Waals surface area contributed by atoms with E-state index in [4.69, 9.17) is 24.3 Å². The van der Waals surface area contributed by atoms with Crippen LogP contribution in [0.5, 0.6) is 0 Å². The van der Waals surface area contributed by atoms with E-state index in [1.165, 1.54) is 122 Å². The second kappa shape index (κ2) is 43.9. The van der Waals surface area contributed by atoms with Gasteiger partial charge < -0.3 is 20.1 Å². The lowest BCUT2D eigenvalue weighted by molar-refractivity contribution is -0.153. The molecule has 0 aromatic heterocycles. The SMILES string of the molecule is CCCCCCC/C=C\C/C=C\C/C=C\C/C=C\C/C=C\CCC(=O)OC(CO/C=C/CCCCCCCCCCCCCCCC)COP(=O)(O)OCCN. The van der Waals surface area contributed by atoms with Crippen LogP contribution in [0.25, 0.3) is 0 Å². The van der Waals surface area contributed by atoms with Crippen molar-refractivity contribution in [2.75, 3.05) is 26.4 Å². The Balaban J connectivity index is 4.21. The molecule has 56 heavy (non-hydrogen) atoms. The van der Waals surface area contributed by atoms with Crippen molar-refractivity contribution in [1.82, 2.24) is 0 Å². The van der Waals surface area contributed by atoms with Crippen LogP contribution in [-0.2, 0) is 27.9 Å². The fourth-order valence-electron chi connectivity index (χ4n) is 5.89. The molecule has 0 amide bonds. The molecule has 8 nitrogen and oxygen atoms in total. The smallest absolute Gasteiger partial charge is 0.472 e. The number of phosphoric acid groups is 1. The van der Waals surface area contributed by atoms with Gasteiger partial charge >= 0.3 is 13.8 Å². The summed E-state index contributed by atoms with van der Waals surface area (Å²) in [4.78, 5) is 22.4. The van der Waals surface area contributed by atoms with Crippen molar-refractivity contribution in [3.8, 4) is 0 Å². The molecule has 0 saturated heterocycles. The lowest BCUT2D eigenvalue weighted by Crippen LogP contribution is -2.27. The van der Waals surface area contributed by atoms with Gasteiger partial charge in [0.15, 0.2) is 6.10 Å². The number of allylic oxidation sites excluding steroid dienone is 11. The normalized spacial score (nSPS) is 14.1. The molecule has 9 heteroatoms. The summed E-state index contributed by atoms with van der Waals surface area (Å²) in [6, 6.07) is 0. The third-order valence-corrected chi connectivity index (χ3v) is 10.2. The average Bonchev–Trinajstić information content (AvgIpc) is 3.19. The number of ether oxygens (including phenoxy) is 2. The largest absolute Gasteiger partial charge is 0.498 e. The minimum absolute atomic E-state index is 0.000110. The minimum Gasteiger partial charge on any atom is -0.498 e. The third kappa shape index (κ3) is 42.9. The fraction of sp³-hybridized carbons (Fsp3) is 0.723. The van der Waals surface area contributed by atoms with Crippen LogP contribution in [-0.4, -0.2) is 43.3 Å². The van der Waals surface area contributed by atoms with E-state index in [-0.39, 0.29) is 32.8 Å². The highest BCUT2D eigenvalue weighted by Gasteiger charge is 2.25. The van der Waals surface area contributed by atoms with Gasteiger partial charge in [0, 0.05) is 13.0 Å². The maximum Gasteiger partial charge on any atom is 0.472 e. The second-order valence-electron chi connectivity index (χ2n) is 14.6. The van der Waals surface area contributed by atoms with Crippen molar-refractivity contribution in [3.63, 3.8) is 0 Å². The van der Waals surface area contributed by atoms with Crippen LogP contribution < -0.4 is 5.73 Å². The molecule has 324 valence electrons. The minimum atomic E-state index is -4.32. The van der Waals surface area contributed by atoms with Gasteiger partial charge in [-0.3, -0.25) is 13.8 Å². The van der Waals surface area contributed by atoms with E-state index in [1.807, 2.05) is 18.2 Å². The highest BCUT2D eigenvalue weighted by Crippen LogP contribution is 2.43. The third-order valence-electron chi connectivity index (χ3n) is 9.20. The fourth-order valence-corrected chi connectivity index (χ4v) is 6.65. The number of unbranched alkanes of at least 4 members (excludes halogenated alkanes) is 19. The number of phosphoric ester groups is 1. The number of esters is 1. The molecule has 0 rings (SSSR count). The Morgan fingerprint density at radius 3 is 1.43 bits per heavy atom. The van der Waals surface area contributed by atoms with Crippen molar-refractivity contribution in [2.45, 2.75) is 193 Å². The lowest BCUT2D eigenvalue weighted by Gasteiger charge is -2.19. The molecule has 0 saturated carbocycles. The van der Waals surface area contributed by atoms with Crippen LogP contribution in [0.1, 0.15) is 187 Å². The molecule has 0 aromatic carbocycles. The van der Waals surface area contributed by atoms with Crippen LogP contribution >= 0.6 is 7.82 Å². The molecule has 2 unspecified atom stereocenters. The average molecular weight is 806 g/mol. The first-order valence-electron chi connectivity index (χ1n) is 22.5. The number of hydrogen-bond acceptors (Lipinski definition) is 7. The topological polar surface area (TPSA) is 117 Å². The zero-order valence-electron chi connectivity index (χ0n) is 35.8. The van der Waals surface area contributed by atoms with Crippen LogP contribution in [0.3, 0.4) is 0 Å². The Morgan fingerprint density at radius 1 is 0.554 bits per heavy atom. The number of hydrogen-bond donors (Lipinski definition) is 2. The summed E-state index contributed by atoms with van der Waals surface area (Å²) in [5, 5.41) is 0. The Kier molecular flexibility index (Phi) is 42.2. The molecule has 0 bridgehead atoms. The van der Waals surface area contributed by atoms with E-state index >= 15 is 0 Å². The molecule has 0 heterocycles. The molecule has 0 aliphatic rings. The summed E-state index contributed by atoms with van der Waals surface area (Å²) in [5.74, 6) is -0.433. The molecule has 0 fully saturated rings. The van der Waals surface area contributed by atoms with Crippen molar-refractivity contribution in [3.05, 3.63) is 73.1 Å². The molecule has 0 aliphatic carbocycles. The molecule has 0 aliphatic heterocycles. The maximum absolute atomic E-state index is 12.5. The number of carbonyl (C=O) groups is 1. The van der Waals surface area contributed by atoms with E-state index in [0.717, 1.165) is 38.5 Å². The van der Waals surface area contributed by atoms with Gasteiger partial charge in [0.2, 0.25) is 0 Å². The van der Waals surface area contributed by atoms with Gasteiger partial charge in [0.1, 0.15) is 6.61 Å². The van der Waals surface area contributed by atoms with Crippen molar-refractivity contribution in [1.29, 1.82) is 0 Å². The van der Waals surface area contributed by atoms with Gasteiger partial charge in [0.25, 0.3) is 0 Å². The Labute approximate surface area is 344 Å². The Bertz CT molecular complexity index is 1080. The Morgan fingerprint density at radius 2 is 0.964 bits per heavy atom. The number of nitrogens with two attached hydrogens (primary N) is 1. The van der Waals surface area contributed by atoms with E-state index in [0.29, 0.717) is 6.42 Å². The molecule has 3 N–H and O–H groups in total. The van der Waals surface area contributed by atoms with E-state index < -0.39 is 19.9 Å². The van der Waals surface area contributed by atoms with Crippen LogP contribution in [0.15, 0.2) is 73.1 Å². The van der Waals surface area contributed by atoms with E-state index in [9.17, 15) is 14.3 Å². The lowest BCUT2D eigenvalue weighted by atomic mass is 10.0. The second-order valence-corrected chi connectivity index (χ2v) is 16.1. The number of rotatable bonds is 42. The number of carbonyl (C=O) groups excluding carboxylic acids is 1. The predicted molar refractivity (Wildman–Crippen MR) is 237 cm³/mol. The van der Waals surface area contributed by atoms with Gasteiger partial charge in [-0.25, -0.2) is 4.57 Å². The maximum atomic E-state index is 12.5. The van der Waals surface area contributed by atoms with Crippen molar-refractivity contribution in [2.24, 2.45) is 5.73 Å². The highest BCUT2D eigenvalue weighted by atomic mass is 31.2. The molecule has 0 aromatic rings. The first-order chi connectivity index (χ1) is 27.4. The molecular formula is C47H84NO7P. The van der Waals surface area contributed by atoms with Gasteiger partial charge in [0.05, 0.1) is 19.5 Å². The predicted octanol–water partition coefficient (Wildman–Crippen LogP) is 13.9. The van der Waals surface area contributed by atoms with Crippen molar-refractivity contribution < 1.29 is 32.8 Å². The van der Waals surface area contributed by atoms with Crippen LogP contribution in [0.4, 0.5) is 0 Å². The first-order valence-corrected chi connectivity index (χ1v) is 24.0. The molecular weight excluding hydrogens is 721 g/mol. The monoisotopic (exact) mass is 806 g/mol. The summed E-state index contributed by atoms with van der Waals surface area (Å²) in [7, 11) is -4.32. The van der Waals surface area contributed by atoms with Gasteiger partial charge in [-0.2, -0.15) is 0 Å². The molecule has 0 radical (unpaired) electrons. The van der Waals surface area contributed by atoms with Crippen LogP contribution in [0, 0.1) is 0 Å². The van der Waals surface area contributed by atoms with Gasteiger partial charge in [-0.15, -0.1) is 0 Å². The van der Waals surface area contributed by atoms with Gasteiger partial charge in [-0.05, 0) is 63.9 Å². The first kappa shape index (κ1) is 53.8. The van der Waals surface area contributed by atoms with E-state index in [1.54, 1.807) is 6.26 Å². The van der Waals surface area contributed by atoms with E-state index in [2.05, 4.69) is 62.5 Å². The summed E-state index contributed by atoms with van der Waals surface area (Å²) in [5.41, 5.74) is 5.36. The standard InChI is InChI=1S/C47H84NO7P/c1-3-5-7-9-11-13-15-17-19-21-22-23-24-25-26-28-30-32-34-36-38-40-47(49)55-46(45-54-56(50,51)53-43-41-48)44-52-42-39-37-35-33-31-29-27-20-18-16-14-12-10-8-6-4-2/h15,17,21-22,24-25,28,30,34,36,39,42,46H,3-14,16,18-20,23,26-27,29,31-33,35,37-38,40-41,43-45,48H2,1-2H3,(H,50,51)/b17-15-,22-21-,25-24-,30-28-,36-34-,42-39+. The van der Waals surface area contributed by atoms with Crippen molar-refractivity contribution >= 4 is 13.8 Å². The summed E-state index contributed by atoms with van der Waals surface area (Å²) >= 11 is 0. The zero-order valence-corrected chi connectivity index (χ0v) is 36.7. The quantitative estimate of drug-likeness (QED) is 0.0206. The molecule has 2 atom stereocenters. The molecule has 0 spiro atoms. The summed E-state index contributed by atoms with van der Waals surface area (Å²) in [6.07, 6.45) is 56.0. The summed E-state index contributed by atoms with van der Waals surface area (Å²) in [6.45, 7) is 4.14. The highest BCUT2D eigenvalue weighted by molar-refractivity contribution is 7.47. The Hall–Kier alpha value is -2.22.